The summed E-state index contributed by atoms with van der Waals surface area (Å²) in [5.41, 5.74) is 0.845. The van der Waals surface area contributed by atoms with Crippen molar-refractivity contribution in [2.75, 3.05) is 0 Å². The fourth-order valence-corrected chi connectivity index (χ4v) is 3.49. The molecule has 6 heteroatoms. The van der Waals surface area contributed by atoms with E-state index >= 15 is 0 Å². The standard InChI is InChI=1S/C14H15ClN2O2S/c15-10-7-5-9(6-8-10)13-16-17-14(19-13)20-12-4-2-1-3-11(12)18/h5-8,11-12,18H,1-4H2. The maximum atomic E-state index is 9.96. The molecule has 1 aromatic carbocycles. The van der Waals surface area contributed by atoms with Gasteiger partial charge in [-0.15, -0.1) is 10.2 Å². The van der Waals surface area contributed by atoms with E-state index in [1.54, 1.807) is 12.1 Å². The molecule has 0 saturated heterocycles. The Hall–Kier alpha value is -1.04. The van der Waals surface area contributed by atoms with Crippen molar-refractivity contribution in [3.8, 4) is 11.5 Å². The Morgan fingerprint density at radius 2 is 1.90 bits per heavy atom. The molecule has 0 amide bonds. The van der Waals surface area contributed by atoms with Crippen molar-refractivity contribution >= 4 is 23.4 Å². The molecule has 1 N–H and O–H groups in total. The number of aromatic nitrogens is 2. The number of rotatable bonds is 3. The van der Waals surface area contributed by atoms with Gasteiger partial charge in [0.05, 0.1) is 6.10 Å². The van der Waals surface area contributed by atoms with Crippen LogP contribution in [0.4, 0.5) is 0 Å². The zero-order chi connectivity index (χ0) is 13.9. The van der Waals surface area contributed by atoms with Crippen LogP contribution in [0.5, 0.6) is 0 Å². The average Bonchev–Trinajstić information content (AvgIpc) is 2.91. The van der Waals surface area contributed by atoms with Crippen molar-refractivity contribution in [3.05, 3.63) is 29.3 Å². The molecule has 1 aliphatic rings. The van der Waals surface area contributed by atoms with E-state index in [1.165, 1.54) is 11.8 Å². The molecule has 1 aliphatic carbocycles. The van der Waals surface area contributed by atoms with E-state index in [4.69, 9.17) is 16.0 Å². The third-order valence-electron chi connectivity index (χ3n) is 3.42. The van der Waals surface area contributed by atoms with Gasteiger partial charge in [-0.25, -0.2) is 0 Å². The Labute approximate surface area is 126 Å². The quantitative estimate of drug-likeness (QED) is 0.934. The second-order valence-corrected chi connectivity index (χ2v) is 6.52. The SMILES string of the molecule is OC1CCCCC1Sc1nnc(-c2ccc(Cl)cc2)o1. The highest BCUT2D eigenvalue weighted by atomic mass is 35.5. The molecule has 2 aromatic rings. The number of thioether (sulfide) groups is 1. The lowest BCUT2D eigenvalue weighted by molar-refractivity contribution is 0.136. The van der Waals surface area contributed by atoms with Gasteiger partial charge in [0.2, 0.25) is 5.89 Å². The van der Waals surface area contributed by atoms with Crippen LogP contribution in [-0.4, -0.2) is 26.7 Å². The molecule has 0 bridgehead atoms. The first kappa shape index (κ1) is 13.9. The van der Waals surface area contributed by atoms with Gasteiger partial charge in [0.15, 0.2) is 0 Å². The lowest BCUT2D eigenvalue weighted by atomic mass is 9.97. The number of hydrogen-bond acceptors (Lipinski definition) is 5. The number of aliphatic hydroxyl groups is 1. The number of hydrogen-bond donors (Lipinski definition) is 1. The topological polar surface area (TPSA) is 59.2 Å². The molecule has 1 fully saturated rings. The van der Waals surface area contributed by atoms with E-state index in [0.717, 1.165) is 31.2 Å². The Bertz CT molecular complexity index is 573. The van der Waals surface area contributed by atoms with Crippen LogP contribution in [0, 0.1) is 0 Å². The van der Waals surface area contributed by atoms with E-state index in [2.05, 4.69) is 10.2 Å². The zero-order valence-corrected chi connectivity index (χ0v) is 12.4. The van der Waals surface area contributed by atoms with Gasteiger partial charge in [0.25, 0.3) is 5.22 Å². The van der Waals surface area contributed by atoms with Crippen molar-refractivity contribution in [1.82, 2.24) is 10.2 Å². The van der Waals surface area contributed by atoms with Gasteiger partial charge in [-0.2, -0.15) is 0 Å². The van der Waals surface area contributed by atoms with Crippen molar-refractivity contribution in [1.29, 1.82) is 0 Å². The smallest absolute Gasteiger partial charge is 0.277 e. The predicted molar refractivity (Wildman–Crippen MR) is 78.9 cm³/mol. The maximum absolute atomic E-state index is 9.96. The van der Waals surface area contributed by atoms with E-state index in [9.17, 15) is 5.11 Å². The normalized spacial score (nSPS) is 22.9. The Balaban J connectivity index is 1.71. The third kappa shape index (κ3) is 3.16. The Morgan fingerprint density at radius 1 is 1.15 bits per heavy atom. The predicted octanol–water partition coefficient (Wildman–Crippen LogP) is 3.79. The highest BCUT2D eigenvalue weighted by Gasteiger charge is 2.26. The Kier molecular flexibility index (Phi) is 4.29. The fourth-order valence-electron chi connectivity index (χ4n) is 2.31. The summed E-state index contributed by atoms with van der Waals surface area (Å²) >= 11 is 7.33. The van der Waals surface area contributed by atoms with Gasteiger partial charge in [-0.05, 0) is 37.1 Å². The van der Waals surface area contributed by atoms with Crippen molar-refractivity contribution in [2.45, 2.75) is 42.3 Å². The second kappa shape index (κ2) is 6.16. The summed E-state index contributed by atoms with van der Waals surface area (Å²) < 4.78 is 5.65. The second-order valence-electron chi connectivity index (χ2n) is 4.89. The molecule has 20 heavy (non-hydrogen) atoms. The van der Waals surface area contributed by atoms with Gasteiger partial charge in [0.1, 0.15) is 0 Å². The molecule has 4 nitrogen and oxygen atoms in total. The minimum absolute atomic E-state index is 0.155. The summed E-state index contributed by atoms with van der Waals surface area (Å²) in [5.74, 6) is 0.481. The van der Waals surface area contributed by atoms with E-state index in [0.29, 0.717) is 16.1 Å². The van der Waals surface area contributed by atoms with Gasteiger partial charge in [-0.1, -0.05) is 36.2 Å². The maximum Gasteiger partial charge on any atom is 0.277 e. The zero-order valence-electron chi connectivity index (χ0n) is 10.8. The summed E-state index contributed by atoms with van der Waals surface area (Å²) in [4.78, 5) is 0. The number of halogens is 1. The minimum atomic E-state index is -0.278. The van der Waals surface area contributed by atoms with Crippen LogP contribution in [0.15, 0.2) is 33.9 Å². The Morgan fingerprint density at radius 3 is 2.65 bits per heavy atom. The first-order valence-electron chi connectivity index (χ1n) is 6.66. The summed E-state index contributed by atoms with van der Waals surface area (Å²) in [7, 11) is 0. The van der Waals surface area contributed by atoms with Crippen LogP contribution >= 0.6 is 23.4 Å². The summed E-state index contributed by atoms with van der Waals surface area (Å²) in [6.07, 6.45) is 3.81. The molecular formula is C14H15ClN2O2S. The summed E-state index contributed by atoms with van der Waals surface area (Å²) in [6.45, 7) is 0. The molecule has 2 atom stereocenters. The molecule has 1 heterocycles. The number of aliphatic hydroxyl groups excluding tert-OH is 1. The molecule has 0 aliphatic heterocycles. The molecule has 106 valence electrons. The van der Waals surface area contributed by atoms with E-state index < -0.39 is 0 Å². The van der Waals surface area contributed by atoms with Crippen LogP contribution < -0.4 is 0 Å². The number of benzene rings is 1. The van der Waals surface area contributed by atoms with E-state index in [1.807, 2.05) is 12.1 Å². The molecule has 0 radical (unpaired) electrons. The molecule has 1 aromatic heterocycles. The van der Waals surface area contributed by atoms with Gasteiger partial charge < -0.3 is 9.52 Å². The largest absolute Gasteiger partial charge is 0.411 e. The lowest BCUT2D eigenvalue weighted by Crippen LogP contribution is -2.26. The average molecular weight is 311 g/mol. The minimum Gasteiger partial charge on any atom is -0.411 e. The van der Waals surface area contributed by atoms with E-state index in [-0.39, 0.29) is 11.4 Å². The molecule has 0 spiro atoms. The van der Waals surface area contributed by atoms with Crippen LogP contribution in [0.1, 0.15) is 25.7 Å². The monoisotopic (exact) mass is 310 g/mol. The first-order valence-corrected chi connectivity index (χ1v) is 7.92. The van der Waals surface area contributed by atoms with Crippen molar-refractivity contribution < 1.29 is 9.52 Å². The molecule has 2 unspecified atom stereocenters. The highest BCUT2D eigenvalue weighted by molar-refractivity contribution is 7.99. The van der Waals surface area contributed by atoms with Crippen molar-refractivity contribution in [3.63, 3.8) is 0 Å². The van der Waals surface area contributed by atoms with Gasteiger partial charge in [-0.3, -0.25) is 0 Å². The summed E-state index contributed by atoms with van der Waals surface area (Å²) in [5, 5.41) is 19.4. The number of nitrogens with zero attached hydrogens (tertiary/aromatic N) is 2. The van der Waals surface area contributed by atoms with Gasteiger partial charge in [0, 0.05) is 15.8 Å². The lowest BCUT2D eigenvalue weighted by Gasteiger charge is -2.25. The molecule has 3 rings (SSSR count). The van der Waals surface area contributed by atoms with Gasteiger partial charge >= 0.3 is 0 Å². The first-order chi connectivity index (χ1) is 9.72. The van der Waals surface area contributed by atoms with Crippen LogP contribution in [0.2, 0.25) is 5.02 Å². The highest BCUT2D eigenvalue weighted by Crippen LogP contribution is 2.34. The third-order valence-corrected chi connectivity index (χ3v) is 4.89. The van der Waals surface area contributed by atoms with Crippen LogP contribution in [-0.2, 0) is 0 Å². The fraction of sp³-hybridized carbons (Fsp3) is 0.429. The molecular weight excluding hydrogens is 296 g/mol. The molecule has 1 saturated carbocycles. The van der Waals surface area contributed by atoms with Crippen LogP contribution in [0.25, 0.3) is 11.5 Å². The van der Waals surface area contributed by atoms with Crippen LogP contribution in [0.3, 0.4) is 0 Å². The van der Waals surface area contributed by atoms with Crippen molar-refractivity contribution in [2.24, 2.45) is 0 Å². The summed E-state index contributed by atoms with van der Waals surface area (Å²) in [6, 6.07) is 7.27.